The highest BCUT2D eigenvalue weighted by molar-refractivity contribution is 5.85. The number of hydrogen-bond donors (Lipinski definition) is 1. The van der Waals surface area contributed by atoms with Crippen molar-refractivity contribution in [1.82, 2.24) is 9.78 Å². The Labute approximate surface area is 96.5 Å². The van der Waals surface area contributed by atoms with Crippen molar-refractivity contribution < 1.29 is 4.39 Å². The maximum Gasteiger partial charge on any atom is 0.109 e. The van der Waals surface area contributed by atoms with Gasteiger partial charge in [-0.05, 0) is 12.3 Å². The van der Waals surface area contributed by atoms with E-state index in [0.29, 0.717) is 12.5 Å². The van der Waals surface area contributed by atoms with Gasteiger partial charge in [-0.1, -0.05) is 13.8 Å². The fourth-order valence-corrected chi connectivity index (χ4v) is 1.17. The van der Waals surface area contributed by atoms with Crippen LogP contribution >= 0.6 is 12.4 Å². The first-order valence-electron chi connectivity index (χ1n) is 5.04. The Morgan fingerprint density at radius 3 is 2.87 bits per heavy atom. The van der Waals surface area contributed by atoms with Crippen molar-refractivity contribution in [2.24, 2.45) is 5.92 Å². The van der Waals surface area contributed by atoms with Crippen LogP contribution in [0, 0.1) is 5.92 Å². The molecule has 1 N–H and O–H groups in total. The average Bonchev–Trinajstić information content (AvgIpc) is 2.53. The van der Waals surface area contributed by atoms with Gasteiger partial charge in [-0.2, -0.15) is 5.10 Å². The van der Waals surface area contributed by atoms with E-state index in [9.17, 15) is 4.39 Å². The highest BCUT2D eigenvalue weighted by Crippen LogP contribution is 2.06. The van der Waals surface area contributed by atoms with Gasteiger partial charge >= 0.3 is 0 Å². The van der Waals surface area contributed by atoms with Gasteiger partial charge in [0, 0.05) is 12.7 Å². The van der Waals surface area contributed by atoms with Crippen LogP contribution in [0.1, 0.15) is 20.3 Å². The van der Waals surface area contributed by atoms with Gasteiger partial charge in [-0.3, -0.25) is 4.68 Å². The lowest BCUT2D eigenvalue weighted by Gasteiger charge is -2.05. The van der Waals surface area contributed by atoms with Crippen LogP contribution in [0.4, 0.5) is 10.1 Å². The predicted octanol–water partition coefficient (Wildman–Crippen LogP) is 2.73. The Morgan fingerprint density at radius 2 is 2.27 bits per heavy atom. The number of nitrogens with zero attached hydrogens (tertiary/aromatic N) is 2. The number of anilines is 1. The van der Waals surface area contributed by atoms with Gasteiger partial charge in [0.15, 0.2) is 0 Å². The van der Waals surface area contributed by atoms with Crippen LogP contribution in [0.2, 0.25) is 0 Å². The van der Waals surface area contributed by atoms with Crippen molar-refractivity contribution in [3.05, 3.63) is 12.4 Å². The first kappa shape index (κ1) is 14.2. The number of alkyl halides is 1. The minimum Gasteiger partial charge on any atom is -0.383 e. The van der Waals surface area contributed by atoms with Crippen molar-refractivity contribution in [3.8, 4) is 0 Å². The van der Waals surface area contributed by atoms with Crippen LogP contribution in [0.3, 0.4) is 0 Å². The molecule has 0 fully saturated rings. The molecule has 0 aliphatic rings. The second-order valence-corrected chi connectivity index (χ2v) is 3.79. The van der Waals surface area contributed by atoms with E-state index in [2.05, 4.69) is 24.3 Å². The normalized spacial score (nSPS) is 10.1. The Hall–Kier alpha value is -0.770. The summed E-state index contributed by atoms with van der Waals surface area (Å²) in [6.07, 6.45) is 4.70. The highest BCUT2D eigenvalue weighted by Gasteiger charge is 1.98. The summed E-state index contributed by atoms with van der Waals surface area (Å²) in [5.74, 6) is 0.698. The third-order valence-corrected chi connectivity index (χ3v) is 2.00. The second-order valence-electron chi connectivity index (χ2n) is 3.79. The van der Waals surface area contributed by atoms with Crippen molar-refractivity contribution >= 4 is 18.1 Å². The van der Waals surface area contributed by atoms with E-state index in [-0.39, 0.29) is 19.1 Å². The number of hydrogen-bond acceptors (Lipinski definition) is 2. The second kappa shape index (κ2) is 7.51. The van der Waals surface area contributed by atoms with Crippen molar-refractivity contribution in [2.45, 2.75) is 26.8 Å². The third kappa shape index (κ3) is 5.62. The van der Waals surface area contributed by atoms with Crippen LogP contribution in [-0.2, 0) is 6.54 Å². The van der Waals surface area contributed by atoms with Crippen LogP contribution < -0.4 is 5.32 Å². The van der Waals surface area contributed by atoms with Crippen LogP contribution in [0.5, 0.6) is 0 Å². The zero-order valence-corrected chi connectivity index (χ0v) is 10.1. The van der Waals surface area contributed by atoms with Crippen molar-refractivity contribution in [1.29, 1.82) is 0 Å². The van der Waals surface area contributed by atoms with E-state index >= 15 is 0 Å². The van der Waals surface area contributed by atoms with E-state index in [1.165, 1.54) is 0 Å². The molecule has 5 heteroatoms. The molecule has 1 rings (SSSR count). The monoisotopic (exact) mass is 235 g/mol. The van der Waals surface area contributed by atoms with E-state index in [1.54, 1.807) is 10.9 Å². The zero-order valence-electron chi connectivity index (χ0n) is 9.24. The third-order valence-electron chi connectivity index (χ3n) is 2.00. The summed E-state index contributed by atoms with van der Waals surface area (Å²) in [5, 5.41) is 7.27. The summed E-state index contributed by atoms with van der Waals surface area (Å²) in [6, 6.07) is 0. The number of rotatable bonds is 6. The Kier molecular flexibility index (Phi) is 7.13. The summed E-state index contributed by atoms with van der Waals surface area (Å²) in [5.41, 5.74) is 0.971. The largest absolute Gasteiger partial charge is 0.383 e. The summed E-state index contributed by atoms with van der Waals surface area (Å²) >= 11 is 0. The molecule has 88 valence electrons. The first-order chi connectivity index (χ1) is 6.72. The van der Waals surface area contributed by atoms with Crippen LogP contribution in [-0.4, -0.2) is 23.0 Å². The summed E-state index contributed by atoms with van der Waals surface area (Å²) in [4.78, 5) is 0. The Morgan fingerprint density at radius 1 is 1.53 bits per heavy atom. The maximum absolute atomic E-state index is 12.0. The topological polar surface area (TPSA) is 29.9 Å². The fraction of sp³-hybridized carbons (Fsp3) is 0.700. The summed E-state index contributed by atoms with van der Waals surface area (Å²) < 4.78 is 13.6. The van der Waals surface area contributed by atoms with Crippen molar-refractivity contribution in [3.63, 3.8) is 0 Å². The Balaban J connectivity index is 0.00000196. The van der Waals surface area contributed by atoms with Gasteiger partial charge in [0.25, 0.3) is 0 Å². The molecule has 0 radical (unpaired) electrons. The average molecular weight is 236 g/mol. The molecule has 1 aromatic rings. The fourth-order valence-electron chi connectivity index (χ4n) is 1.17. The predicted molar refractivity (Wildman–Crippen MR) is 63.4 cm³/mol. The molecule has 1 aromatic heterocycles. The minimum absolute atomic E-state index is 0. The molecule has 3 nitrogen and oxygen atoms in total. The van der Waals surface area contributed by atoms with E-state index in [0.717, 1.165) is 18.7 Å². The van der Waals surface area contributed by atoms with E-state index in [4.69, 9.17) is 0 Å². The molecule has 0 aliphatic carbocycles. The van der Waals surface area contributed by atoms with Crippen molar-refractivity contribution in [2.75, 3.05) is 18.5 Å². The van der Waals surface area contributed by atoms with Gasteiger partial charge in [-0.15, -0.1) is 12.4 Å². The quantitative estimate of drug-likeness (QED) is 0.822. The molecule has 0 atom stereocenters. The molecule has 0 aliphatic heterocycles. The van der Waals surface area contributed by atoms with Gasteiger partial charge in [0.1, 0.15) is 6.67 Å². The number of aryl methyl sites for hydroxylation is 1. The first-order valence-corrected chi connectivity index (χ1v) is 5.04. The number of nitrogens with one attached hydrogen (secondary N) is 1. The molecular weight excluding hydrogens is 217 g/mol. The minimum atomic E-state index is -0.368. The summed E-state index contributed by atoms with van der Waals surface area (Å²) in [6.45, 7) is 5.29. The molecule has 0 amide bonds. The lowest BCUT2D eigenvalue weighted by atomic mass is 10.1. The van der Waals surface area contributed by atoms with Gasteiger partial charge in [-0.25, -0.2) is 4.39 Å². The highest BCUT2D eigenvalue weighted by atomic mass is 35.5. The lowest BCUT2D eigenvalue weighted by molar-refractivity contribution is 0.427. The van der Waals surface area contributed by atoms with E-state index < -0.39 is 0 Å². The molecule has 15 heavy (non-hydrogen) atoms. The molecule has 0 bridgehead atoms. The zero-order chi connectivity index (χ0) is 10.4. The summed E-state index contributed by atoms with van der Waals surface area (Å²) in [7, 11) is 0. The van der Waals surface area contributed by atoms with Crippen LogP contribution in [0.15, 0.2) is 12.4 Å². The lowest BCUT2D eigenvalue weighted by Crippen LogP contribution is -2.04. The molecule has 0 saturated carbocycles. The number of halogens is 2. The Bertz CT molecular complexity index is 263. The maximum atomic E-state index is 12.0. The molecule has 0 aromatic carbocycles. The molecular formula is C10H19ClFN3. The molecule has 0 saturated heterocycles. The molecule has 0 spiro atoms. The van der Waals surface area contributed by atoms with Gasteiger partial charge in [0.2, 0.25) is 0 Å². The van der Waals surface area contributed by atoms with E-state index in [1.807, 2.05) is 6.20 Å². The van der Waals surface area contributed by atoms with Crippen LogP contribution in [0.25, 0.3) is 0 Å². The van der Waals surface area contributed by atoms with Gasteiger partial charge in [0.05, 0.1) is 18.4 Å². The van der Waals surface area contributed by atoms with Gasteiger partial charge < -0.3 is 5.32 Å². The number of aromatic nitrogens is 2. The SMILES string of the molecule is CC(C)CCNc1cnn(CCF)c1.Cl. The molecule has 1 heterocycles. The molecule has 0 unspecified atom stereocenters. The smallest absolute Gasteiger partial charge is 0.109 e. The standard InChI is InChI=1S/C10H18FN3.ClH/c1-9(2)3-5-12-10-7-13-14(8-10)6-4-11;/h7-9,12H,3-6H2,1-2H3;1H.